The number of hydrazine groups is 1. The molecule has 3 aromatic heterocycles. The number of H-pyrrole nitrogens is 3. The molecule has 0 aliphatic carbocycles. The van der Waals surface area contributed by atoms with Gasteiger partial charge in [-0.2, -0.15) is 0 Å². The molecular weight excluding hydrogens is 1230 g/mol. The zero-order chi connectivity index (χ0) is 68.3. The molecule has 32 nitrogen and oxygen atoms in total. The maximum absolute atomic E-state index is 15.1. The van der Waals surface area contributed by atoms with E-state index in [0.29, 0.717) is 50.6 Å². The second kappa shape index (κ2) is 33.0. The van der Waals surface area contributed by atoms with Crippen molar-refractivity contribution in [3.63, 3.8) is 0 Å². The molecule has 6 aromatic rings. The highest BCUT2D eigenvalue weighted by Crippen LogP contribution is 2.24. The summed E-state index contributed by atoms with van der Waals surface area (Å²) in [5.74, 6) is -8.44. The zero-order valence-corrected chi connectivity index (χ0v) is 52.4. The molecule has 506 valence electrons. The molecule has 8 rings (SSSR count). The van der Waals surface area contributed by atoms with E-state index in [4.69, 9.17) is 17.2 Å². The lowest BCUT2D eigenvalue weighted by Crippen LogP contribution is -2.61. The monoisotopic (exact) mass is 1310 g/mol. The van der Waals surface area contributed by atoms with Crippen molar-refractivity contribution in [2.24, 2.45) is 28.1 Å². The van der Waals surface area contributed by atoms with Crippen molar-refractivity contribution in [3.8, 4) is 5.75 Å². The highest BCUT2D eigenvalue weighted by Gasteiger charge is 2.40. The van der Waals surface area contributed by atoms with Crippen LogP contribution in [0.25, 0.3) is 21.8 Å². The van der Waals surface area contributed by atoms with E-state index in [9.17, 15) is 53.4 Å². The number of hydrogen-bond acceptors (Lipinski definition) is 15. The van der Waals surface area contributed by atoms with Gasteiger partial charge in [0.1, 0.15) is 60.1 Å². The standard InChI is InChI=1S/C63H81N19O13/c1-33(2)23-45(54(87)73-44(13-7-21-68-62(64)65)61(94)82-22-8-14-51(82)60(93)80-81-63(66)95)74-56(89)47(25-35-28-69-41-11-5-3-9-39(35)41)76-55(88)46(24-34-15-17-38(84)18-16-34)75-59(92)50(31-83)79-57(90)48(26-36-29-70-42-12-6-4-10-40(36)42)77-58(91)49(27-37-30-67-32-71-37)78-53(86)43-19-20-52(85)72-43/h3-6,9-12,15-18,28-30,32-33,43-51,69-70,83-84H,7-8,13-14,19-27,31H2,1-2H3,(H,67,71)(H,72,85)(H,73,87)(H,74,89)(H,75,92)(H,76,88)(H,77,91)(H,78,86)(H,79,90)(H,80,93)(H4,64,65,68)(H3,66,81,95)/t43-,44-,45-,46-,47+,48-,49-,50-,51-/m0/s1. The van der Waals surface area contributed by atoms with Crippen molar-refractivity contribution in [2.75, 3.05) is 19.7 Å². The van der Waals surface area contributed by atoms with E-state index in [2.05, 4.69) is 72.9 Å². The highest BCUT2D eigenvalue weighted by molar-refractivity contribution is 6.00. The van der Waals surface area contributed by atoms with Gasteiger partial charge in [0, 0.05) is 91.3 Å². The number of guanidine groups is 1. The number of para-hydroxylation sites is 2. The van der Waals surface area contributed by atoms with Crippen LogP contribution in [0, 0.1) is 5.92 Å². The van der Waals surface area contributed by atoms with Crippen molar-refractivity contribution < 1.29 is 63.0 Å². The summed E-state index contributed by atoms with van der Waals surface area (Å²) in [5.41, 5.74) is 23.8. The summed E-state index contributed by atoms with van der Waals surface area (Å²) in [5, 5.41) is 44.0. The number of nitrogens with two attached hydrogens (primary N) is 3. The number of likely N-dealkylation sites (tertiary alicyclic amines) is 1. The summed E-state index contributed by atoms with van der Waals surface area (Å²) in [6.45, 7) is 2.73. The van der Waals surface area contributed by atoms with Gasteiger partial charge in [-0.15, -0.1) is 0 Å². The molecule has 0 saturated carbocycles. The topological polar surface area (TPSA) is 502 Å². The van der Waals surface area contributed by atoms with Crippen LogP contribution >= 0.6 is 0 Å². The van der Waals surface area contributed by atoms with Gasteiger partial charge in [-0.3, -0.25) is 58.4 Å². The molecule has 3 aromatic carbocycles. The third-order valence-corrected chi connectivity index (χ3v) is 16.3. The number of benzene rings is 3. The lowest BCUT2D eigenvalue weighted by Gasteiger charge is -2.30. The van der Waals surface area contributed by atoms with E-state index in [0.717, 1.165) is 0 Å². The van der Waals surface area contributed by atoms with Crippen molar-refractivity contribution in [1.82, 2.24) is 78.2 Å². The number of imidazole rings is 1. The van der Waals surface area contributed by atoms with E-state index in [-0.39, 0.29) is 101 Å². The van der Waals surface area contributed by atoms with Crippen LogP contribution in [-0.4, -0.2) is 180 Å². The quantitative estimate of drug-likeness (QED) is 0.00951. The third kappa shape index (κ3) is 19.5. The number of phenolic OH excluding ortho intramolecular Hbond substituents is 1. The smallest absolute Gasteiger partial charge is 0.330 e. The maximum Gasteiger partial charge on any atom is 0.330 e. The Labute approximate surface area is 544 Å². The molecule has 0 spiro atoms. The molecule has 2 aliphatic heterocycles. The Hall–Kier alpha value is -11.0. The van der Waals surface area contributed by atoms with Crippen LogP contribution < -0.4 is 70.6 Å². The van der Waals surface area contributed by atoms with Crippen LogP contribution in [-0.2, 0) is 73.6 Å². The average molecular weight is 1310 g/mol. The Morgan fingerprint density at radius 1 is 0.632 bits per heavy atom. The number of fused-ring (bicyclic) bond motifs is 2. The number of primary amides is 1. The number of urea groups is 1. The van der Waals surface area contributed by atoms with Crippen LogP contribution in [0.2, 0.25) is 0 Å². The number of hydrogen-bond donors (Lipinski definition) is 18. The number of phenols is 1. The number of aliphatic hydroxyl groups is 1. The number of nitrogens with zero attached hydrogens (tertiary/aromatic N) is 3. The van der Waals surface area contributed by atoms with Crippen LogP contribution in [0.5, 0.6) is 5.75 Å². The van der Waals surface area contributed by atoms with E-state index in [1.54, 1.807) is 74.8 Å². The second-order valence-corrected chi connectivity index (χ2v) is 23.8. The number of rotatable bonds is 31. The molecule has 95 heavy (non-hydrogen) atoms. The number of aliphatic hydroxyl groups excluding tert-OH is 1. The van der Waals surface area contributed by atoms with E-state index in [1.807, 2.05) is 5.43 Å². The predicted octanol–water partition coefficient (Wildman–Crippen LogP) is -2.20. The molecule has 2 saturated heterocycles. The van der Waals surface area contributed by atoms with Crippen LogP contribution in [0.1, 0.15) is 81.2 Å². The molecule has 0 bridgehead atoms. The average Bonchev–Trinajstić information content (AvgIpc) is 1.81. The Kier molecular flexibility index (Phi) is 24.2. The molecule has 5 heterocycles. The third-order valence-electron chi connectivity index (χ3n) is 16.3. The van der Waals surface area contributed by atoms with Gasteiger partial charge in [0.15, 0.2) is 5.96 Å². The fourth-order valence-electron chi connectivity index (χ4n) is 11.4. The van der Waals surface area contributed by atoms with Crippen molar-refractivity contribution >= 4 is 92.9 Å². The summed E-state index contributed by atoms with van der Waals surface area (Å²) in [6.07, 6.45) is 6.38. The summed E-state index contributed by atoms with van der Waals surface area (Å²) in [4.78, 5) is 172. The van der Waals surface area contributed by atoms with Gasteiger partial charge in [-0.05, 0) is 85.4 Å². The lowest BCUT2D eigenvalue weighted by atomic mass is 9.99. The molecule has 32 heteroatoms. The minimum absolute atomic E-state index is 0.0114. The minimum atomic E-state index is -1.80. The van der Waals surface area contributed by atoms with Gasteiger partial charge in [-0.1, -0.05) is 62.4 Å². The van der Waals surface area contributed by atoms with Gasteiger partial charge in [-0.25, -0.2) is 15.2 Å². The molecular formula is C63H81N19O13. The second-order valence-electron chi connectivity index (χ2n) is 23.8. The zero-order valence-electron chi connectivity index (χ0n) is 52.4. The predicted molar refractivity (Wildman–Crippen MR) is 345 cm³/mol. The first-order valence-electron chi connectivity index (χ1n) is 31.1. The van der Waals surface area contributed by atoms with Crippen LogP contribution in [0.3, 0.4) is 0 Å². The number of aromatic nitrogens is 4. The van der Waals surface area contributed by atoms with Crippen molar-refractivity contribution in [3.05, 3.63) is 120 Å². The van der Waals surface area contributed by atoms with E-state index in [1.165, 1.54) is 41.7 Å². The number of amides is 12. The first kappa shape index (κ1) is 69.8. The van der Waals surface area contributed by atoms with Gasteiger partial charge < -0.3 is 89.8 Å². The van der Waals surface area contributed by atoms with Crippen LogP contribution in [0.15, 0.2) is 103 Å². The minimum Gasteiger partial charge on any atom is -0.508 e. The Morgan fingerprint density at radius 2 is 1.17 bits per heavy atom. The number of nitrogens with one attached hydrogen (secondary N) is 13. The maximum atomic E-state index is 15.1. The van der Waals surface area contributed by atoms with E-state index < -0.39 is 120 Å². The Balaban J connectivity index is 1.05. The lowest BCUT2D eigenvalue weighted by molar-refractivity contribution is -0.142. The van der Waals surface area contributed by atoms with Gasteiger partial charge in [0.05, 0.1) is 12.9 Å². The summed E-state index contributed by atoms with van der Waals surface area (Å²) >= 11 is 0. The molecule has 0 radical (unpaired) electrons. The number of aromatic hydroxyl groups is 1. The van der Waals surface area contributed by atoms with Crippen molar-refractivity contribution in [1.29, 1.82) is 0 Å². The first-order chi connectivity index (χ1) is 45.5. The van der Waals surface area contributed by atoms with Gasteiger partial charge >= 0.3 is 6.03 Å². The Morgan fingerprint density at radius 3 is 1.71 bits per heavy atom. The number of carbonyl (C=O) groups excluding carboxylic acids is 11. The van der Waals surface area contributed by atoms with E-state index >= 15 is 9.59 Å². The number of carbonyl (C=O) groups is 11. The van der Waals surface area contributed by atoms with Crippen molar-refractivity contribution in [2.45, 2.75) is 139 Å². The molecule has 2 aliphatic rings. The first-order valence-corrected chi connectivity index (χ1v) is 31.1. The molecule has 0 unspecified atom stereocenters. The fraction of sp³-hybridized carbons (Fsp3) is 0.413. The fourth-order valence-corrected chi connectivity index (χ4v) is 11.4. The molecule has 9 atom stereocenters. The van der Waals surface area contributed by atoms with Crippen LogP contribution in [0.4, 0.5) is 4.79 Å². The number of aromatic amines is 3. The normalized spacial score (nSPS) is 16.6. The Bertz CT molecular complexity index is 3750. The SMILES string of the molecule is CC(C)C[C@H](NC(=O)[C@@H](Cc1c[nH]c2ccccc12)NC(=O)[C@H](Cc1ccc(O)cc1)NC(=O)[C@H](CO)NC(=O)[C@H](Cc1c[nH]c2ccccc12)NC(=O)[C@H](Cc1cnc[nH]1)NC(=O)[C@@H]1CCC(=O)N1)C(=O)N[C@@H](CCCN=C(N)N)C(=O)N1CCC[C@H]1C(=O)NNC(N)=O. The molecule has 12 amide bonds. The van der Waals surface area contributed by atoms with Gasteiger partial charge in [0.25, 0.3) is 5.91 Å². The summed E-state index contributed by atoms with van der Waals surface area (Å²) < 4.78 is 0. The highest BCUT2D eigenvalue weighted by atomic mass is 16.3. The summed E-state index contributed by atoms with van der Waals surface area (Å²) in [6, 6.07) is 6.60. The molecule has 21 N–H and O–H groups in total. The summed E-state index contributed by atoms with van der Waals surface area (Å²) in [7, 11) is 0. The molecule has 2 fully saturated rings. The largest absolute Gasteiger partial charge is 0.508 e. The van der Waals surface area contributed by atoms with Gasteiger partial charge in [0.2, 0.25) is 53.2 Å². The number of aliphatic imine (C=N–C) groups is 1.